The zero-order valence-electron chi connectivity index (χ0n) is 35.5. The molecular weight excluding hydrogens is 651 g/mol. The van der Waals surface area contributed by atoms with Crippen LogP contribution in [0.2, 0.25) is 0 Å². The van der Waals surface area contributed by atoms with Crippen molar-refractivity contribution in [1.29, 1.82) is 0 Å². The number of aliphatic hydroxyl groups excluding tert-OH is 2. The minimum atomic E-state index is -0.873. The maximum Gasteiger partial charge on any atom is 0.220 e. The van der Waals surface area contributed by atoms with Crippen LogP contribution in [0.15, 0.2) is 48.6 Å². The second-order valence-electron chi connectivity index (χ2n) is 15.8. The highest BCUT2D eigenvalue weighted by Gasteiger charge is 2.17. The zero-order valence-corrected chi connectivity index (χ0v) is 35.5. The summed E-state index contributed by atoms with van der Waals surface area (Å²) in [5.74, 6) is -0.0909. The smallest absolute Gasteiger partial charge is 0.220 e. The maximum atomic E-state index is 12.3. The summed E-state index contributed by atoms with van der Waals surface area (Å²) in [6.07, 6.45) is 61.2. The van der Waals surface area contributed by atoms with Gasteiger partial charge < -0.3 is 15.5 Å². The molecule has 0 heterocycles. The Morgan fingerprint density at radius 1 is 0.434 bits per heavy atom. The molecule has 2 unspecified atom stereocenters. The predicted octanol–water partition coefficient (Wildman–Crippen LogP) is 14.7. The van der Waals surface area contributed by atoms with Gasteiger partial charge in [-0.2, -0.15) is 0 Å². The van der Waals surface area contributed by atoms with Crippen LogP contribution in [0.3, 0.4) is 0 Å². The van der Waals surface area contributed by atoms with Crippen LogP contribution in [0.4, 0.5) is 0 Å². The lowest BCUT2D eigenvalue weighted by molar-refractivity contribution is -0.123. The van der Waals surface area contributed by atoms with Crippen molar-refractivity contribution in [1.82, 2.24) is 5.32 Å². The average molecular weight is 742 g/mol. The lowest BCUT2D eigenvalue weighted by Crippen LogP contribution is -2.45. The normalized spacial score (nSPS) is 13.4. The van der Waals surface area contributed by atoms with Crippen LogP contribution in [0.25, 0.3) is 0 Å². The topological polar surface area (TPSA) is 69.6 Å². The molecule has 0 radical (unpaired) electrons. The summed E-state index contributed by atoms with van der Waals surface area (Å²) < 4.78 is 0. The van der Waals surface area contributed by atoms with Gasteiger partial charge in [0.1, 0.15) is 0 Å². The van der Waals surface area contributed by atoms with Crippen molar-refractivity contribution in [3.63, 3.8) is 0 Å². The van der Waals surface area contributed by atoms with Gasteiger partial charge >= 0.3 is 0 Å². The molecule has 0 aromatic carbocycles. The molecule has 0 aromatic heterocycles. The summed E-state index contributed by atoms with van der Waals surface area (Å²) in [5, 5.41) is 22.9. The molecule has 0 rings (SSSR count). The molecule has 0 spiro atoms. The number of carbonyl (C=O) groups is 1. The number of aliphatic hydroxyl groups is 2. The summed E-state index contributed by atoms with van der Waals surface area (Å²) in [6, 6.07) is -0.649. The van der Waals surface area contributed by atoms with Crippen LogP contribution in [-0.2, 0) is 4.79 Å². The minimum Gasteiger partial charge on any atom is -0.394 e. The minimum absolute atomic E-state index is 0.0909. The van der Waals surface area contributed by atoms with E-state index in [1.165, 1.54) is 167 Å². The first-order chi connectivity index (χ1) is 26.2. The molecule has 0 saturated heterocycles. The third kappa shape index (κ3) is 41.4. The number of rotatable bonds is 42. The van der Waals surface area contributed by atoms with E-state index in [0.717, 1.165) is 51.4 Å². The largest absolute Gasteiger partial charge is 0.394 e. The van der Waals surface area contributed by atoms with Crippen molar-refractivity contribution >= 4 is 5.91 Å². The van der Waals surface area contributed by atoms with Crippen molar-refractivity contribution < 1.29 is 15.0 Å². The van der Waals surface area contributed by atoms with Gasteiger partial charge in [-0.25, -0.2) is 0 Å². The summed E-state index contributed by atoms with van der Waals surface area (Å²) in [6.45, 7) is 4.23. The molecule has 0 saturated carbocycles. The fourth-order valence-electron chi connectivity index (χ4n) is 6.92. The summed E-state index contributed by atoms with van der Waals surface area (Å²) >= 11 is 0. The first-order valence-electron chi connectivity index (χ1n) is 23.4. The Hall–Kier alpha value is -1.65. The van der Waals surface area contributed by atoms with Gasteiger partial charge in [-0.05, 0) is 64.2 Å². The lowest BCUT2D eigenvalue weighted by Gasteiger charge is -2.19. The Balaban J connectivity index is 3.53. The van der Waals surface area contributed by atoms with Gasteiger partial charge in [-0.1, -0.05) is 217 Å². The Labute approximate surface area is 331 Å². The van der Waals surface area contributed by atoms with E-state index in [0.29, 0.717) is 6.42 Å². The number of hydrogen-bond acceptors (Lipinski definition) is 3. The van der Waals surface area contributed by atoms with E-state index in [1.54, 1.807) is 6.08 Å². The van der Waals surface area contributed by atoms with Crippen LogP contribution >= 0.6 is 0 Å². The molecule has 53 heavy (non-hydrogen) atoms. The average Bonchev–Trinajstić information content (AvgIpc) is 3.16. The molecular formula is C49H91NO3. The Morgan fingerprint density at radius 3 is 1.17 bits per heavy atom. The van der Waals surface area contributed by atoms with Crippen molar-refractivity contribution in [3.05, 3.63) is 48.6 Å². The molecule has 0 bridgehead atoms. The first-order valence-corrected chi connectivity index (χ1v) is 23.4. The van der Waals surface area contributed by atoms with Crippen molar-refractivity contribution in [3.8, 4) is 0 Å². The molecule has 0 aliphatic heterocycles. The SMILES string of the molecule is CCC/C=C\CCCCCCCC(=O)NC(CO)C(O)/C=C/CC/C=C/CC/C=C/CCCCCCCCCCCCCCCCCCCCCCC. The van der Waals surface area contributed by atoms with E-state index in [1.807, 2.05) is 6.08 Å². The number of nitrogens with one attached hydrogen (secondary N) is 1. The number of amides is 1. The second kappa shape index (κ2) is 44.7. The number of allylic oxidation sites excluding steroid dienone is 7. The van der Waals surface area contributed by atoms with E-state index >= 15 is 0 Å². The van der Waals surface area contributed by atoms with E-state index < -0.39 is 12.1 Å². The third-order valence-corrected chi connectivity index (χ3v) is 10.5. The molecule has 4 nitrogen and oxygen atoms in total. The molecule has 1 amide bonds. The summed E-state index contributed by atoms with van der Waals surface area (Å²) in [7, 11) is 0. The fraction of sp³-hybridized carbons (Fsp3) is 0.816. The van der Waals surface area contributed by atoms with Crippen LogP contribution in [0, 0.1) is 0 Å². The standard InChI is InChI=1S/C49H91NO3/c1-3-5-7-9-11-13-15-16-17-18-19-20-21-22-23-24-25-26-27-28-29-30-31-32-33-34-35-36-38-40-42-44-48(52)47(46-51)50-49(53)45-43-41-39-37-14-12-10-8-6-4-2/h8,10,31-32,35-36,42,44,47-48,51-52H,3-7,9,11-30,33-34,37-41,43,45-46H2,1-2H3,(H,50,53)/b10-8-,32-31+,36-35+,44-42+. The van der Waals surface area contributed by atoms with E-state index in [-0.39, 0.29) is 12.5 Å². The first kappa shape index (κ1) is 51.4. The number of hydrogen-bond donors (Lipinski definition) is 3. The summed E-state index contributed by atoms with van der Waals surface area (Å²) in [4.78, 5) is 12.3. The zero-order chi connectivity index (χ0) is 38.6. The van der Waals surface area contributed by atoms with Crippen LogP contribution < -0.4 is 5.32 Å². The Morgan fingerprint density at radius 2 is 0.774 bits per heavy atom. The number of carbonyl (C=O) groups excluding carboxylic acids is 1. The maximum absolute atomic E-state index is 12.3. The molecule has 0 aromatic rings. The van der Waals surface area contributed by atoms with Gasteiger partial charge in [0.25, 0.3) is 0 Å². The third-order valence-electron chi connectivity index (χ3n) is 10.5. The van der Waals surface area contributed by atoms with Gasteiger partial charge in [0.05, 0.1) is 18.8 Å². The van der Waals surface area contributed by atoms with Gasteiger partial charge in [0.15, 0.2) is 0 Å². The van der Waals surface area contributed by atoms with Gasteiger partial charge in [-0.3, -0.25) is 4.79 Å². The van der Waals surface area contributed by atoms with Crippen molar-refractivity contribution in [2.24, 2.45) is 0 Å². The van der Waals surface area contributed by atoms with Gasteiger partial charge in [0, 0.05) is 6.42 Å². The van der Waals surface area contributed by atoms with Gasteiger partial charge in [0.2, 0.25) is 5.91 Å². The van der Waals surface area contributed by atoms with Crippen LogP contribution in [0.1, 0.15) is 239 Å². The van der Waals surface area contributed by atoms with E-state index in [4.69, 9.17) is 0 Å². The van der Waals surface area contributed by atoms with Crippen LogP contribution in [-0.4, -0.2) is 34.9 Å². The van der Waals surface area contributed by atoms with Crippen molar-refractivity contribution in [2.45, 2.75) is 251 Å². The molecule has 4 heteroatoms. The van der Waals surface area contributed by atoms with Gasteiger partial charge in [-0.15, -0.1) is 0 Å². The number of unbranched alkanes of at least 4 members (excludes halogenated alkanes) is 29. The highest BCUT2D eigenvalue weighted by molar-refractivity contribution is 5.76. The molecule has 2 atom stereocenters. The van der Waals surface area contributed by atoms with Crippen molar-refractivity contribution in [2.75, 3.05) is 6.61 Å². The van der Waals surface area contributed by atoms with E-state index in [2.05, 4.69) is 55.6 Å². The summed E-state index contributed by atoms with van der Waals surface area (Å²) in [5.41, 5.74) is 0. The second-order valence-corrected chi connectivity index (χ2v) is 15.8. The highest BCUT2D eigenvalue weighted by Crippen LogP contribution is 2.16. The molecule has 0 fully saturated rings. The molecule has 3 N–H and O–H groups in total. The predicted molar refractivity (Wildman–Crippen MR) is 235 cm³/mol. The van der Waals surface area contributed by atoms with Crippen LogP contribution in [0.5, 0.6) is 0 Å². The molecule has 310 valence electrons. The van der Waals surface area contributed by atoms with E-state index in [9.17, 15) is 15.0 Å². The lowest BCUT2D eigenvalue weighted by atomic mass is 10.0. The Kier molecular flexibility index (Phi) is 43.4. The monoisotopic (exact) mass is 742 g/mol. The quantitative estimate of drug-likeness (QED) is 0.0431. The highest BCUT2D eigenvalue weighted by atomic mass is 16.3. The fourth-order valence-corrected chi connectivity index (χ4v) is 6.92. The molecule has 0 aliphatic carbocycles. The Bertz CT molecular complexity index is 847. The molecule has 0 aliphatic rings.